The summed E-state index contributed by atoms with van der Waals surface area (Å²) in [5, 5.41) is 4.06. The Labute approximate surface area is 117 Å². The van der Waals surface area contributed by atoms with Gasteiger partial charge in [-0.05, 0) is 30.4 Å². The van der Waals surface area contributed by atoms with Crippen LogP contribution in [0.3, 0.4) is 0 Å². The average Bonchev–Trinajstić information content (AvgIpc) is 2.91. The summed E-state index contributed by atoms with van der Waals surface area (Å²) < 4.78 is 12.0. The van der Waals surface area contributed by atoms with Gasteiger partial charge < -0.3 is 9.47 Å². The van der Waals surface area contributed by atoms with Gasteiger partial charge in [0.25, 0.3) is 0 Å². The lowest BCUT2D eigenvalue weighted by Gasteiger charge is -2.06. The Balaban J connectivity index is 2.20. The Morgan fingerprint density at radius 2 is 2.05 bits per heavy atom. The van der Waals surface area contributed by atoms with Crippen molar-refractivity contribution in [2.75, 3.05) is 14.2 Å². The summed E-state index contributed by atoms with van der Waals surface area (Å²) in [5.41, 5.74) is 1.22. The second kappa shape index (κ2) is 6.06. The Morgan fingerprint density at radius 1 is 1.25 bits per heavy atom. The first-order valence-electron chi connectivity index (χ1n) is 6.08. The first kappa shape index (κ1) is 13.9. The van der Waals surface area contributed by atoms with E-state index in [0.29, 0.717) is 17.2 Å². The molecule has 2 aromatic rings. The van der Waals surface area contributed by atoms with E-state index in [9.17, 15) is 4.79 Å². The summed E-state index contributed by atoms with van der Waals surface area (Å²) in [7, 11) is 4.94. The van der Waals surface area contributed by atoms with Gasteiger partial charge in [0.1, 0.15) is 17.2 Å². The number of carbonyl (C=O) groups excluding carboxylic acids is 1. The molecule has 0 aliphatic heterocycles. The zero-order valence-corrected chi connectivity index (χ0v) is 11.7. The highest BCUT2D eigenvalue weighted by molar-refractivity contribution is 6.05. The number of methoxy groups -OCH3 is 2. The van der Waals surface area contributed by atoms with Crippen molar-refractivity contribution in [2.24, 2.45) is 7.05 Å². The highest BCUT2D eigenvalue weighted by Crippen LogP contribution is 2.25. The van der Waals surface area contributed by atoms with Gasteiger partial charge in [0.05, 0.1) is 14.2 Å². The average molecular weight is 272 g/mol. The third-order valence-electron chi connectivity index (χ3n) is 2.82. The summed E-state index contributed by atoms with van der Waals surface area (Å²) in [6.07, 6.45) is 4.91. The number of ketones is 1. The van der Waals surface area contributed by atoms with Crippen molar-refractivity contribution in [2.45, 2.75) is 0 Å². The minimum atomic E-state index is -0.150. The van der Waals surface area contributed by atoms with Gasteiger partial charge in [-0.1, -0.05) is 0 Å². The second-order valence-corrected chi connectivity index (χ2v) is 4.18. The van der Waals surface area contributed by atoms with Crippen LogP contribution >= 0.6 is 0 Å². The predicted molar refractivity (Wildman–Crippen MR) is 76.1 cm³/mol. The zero-order chi connectivity index (χ0) is 14.5. The third kappa shape index (κ3) is 3.06. The lowest BCUT2D eigenvalue weighted by atomic mass is 10.1. The Hall–Kier alpha value is -2.56. The smallest absolute Gasteiger partial charge is 0.206 e. The summed E-state index contributed by atoms with van der Waals surface area (Å²) in [4.78, 5) is 11.9. The van der Waals surface area contributed by atoms with Crippen LogP contribution in [0.2, 0.25) is 0 Å². The standard InChI is InChI=1S/C15H16N2O3/c1-17-9-8-13(16-17)14(18)7-5-11-4-6-12(19-2)10-15(11)20-3/h4-10H,1-3H3/b7-5+. The van der Waals surface area contributed by atoms with Crippen LogP contribution in [0.15, 0.2) is 36.5 Å². The number of ether oxygens (including phenoxy) is 2. The maximum atomic E-state index is 11.9. The van der Waals surface area contributed by atoms with Gasteiger partial charge in [-0.3, -0.25) is 9.48 Å². The number of hydrogen-bond donors (Lipinski definition) is 0. The molecule has 2 rings (SSSR count). The number of nitrogens with zero attached hydrogens (tertiary/aromatic N) is 2. The van der Waals surface area contributed by atoms with Crippen LogP contribution in [0.4, 0.5) is 0 Å². The molecule has 0 fully saturated rings. The van der Waals surface area contributed by atoms with Crippen molar-refractivity contribution in [3.8, 4) is 11.5 Å². The number of benzene rings is 1. The van der Waals surface area contributed by atoms with Crippen molar-refractivity contribution >= 4 is 11.9 Å². The molecule has 0 saturated carbocycles. The van der Waals surface area contributed by atoms with Crippen LogP contribution in [0.5, 0.6) is 11.5 Å². The van der Waals surface area contributed by atoms with Crippen LogP contribution < -0.4 is 9.47 Å². The number of hydrogen-bond acceptors (Lipinski definition) is 4. The Bertz CT molecular complexity index is 644. The maximum absolute atomic E-state index is 11.9. The molecule has 104 valence electrons. The molecule has 0 amide bonds. The number of aromatic nitrogens is 2. The van der Waals surface area contributed by atoms with Gasteiger partial charge in [0, 0.05) is 24.9 Å². The minimum Gasteiger partial charge on any atom is -0.497 e. The molecule has 1 aromatic carbocycles. The van der Waals surface area contributed by atoms with E-state index in [1.54, 1.807) is 50.4 Å². The molecule has 0 aliphatic rings. The first-order chi connectivity index (χ1) is 9.63. The lowest BCUT2D eigenvalue weighted by molar-refractivity contribution is 0.104. The summed E-state index contributed by atoms with van der Waals surface area (Å²) in [6.45, 7) is 0. The summed E-state index contributed by atoms with van der Waals surface area (Å²) >= 11 is 0. The molecule has 5 nitrogen and oxygen atoms in total. The molecule has 20 heavy (non-hydrogen) atoms. The number of allylic oxidation sites excluding steroid dienone is 1. The molecular weight excluding hydrogens is 256 g/mol. The molecule has 0 saturated heterocycles. The molecule has 5 heteroatoms. The normalized spacial score (nSPS) is 10.8. The van der Waals surface area contributed by atoms with Crippen LogP contribution in [0.1, 0.15) is 16.1 Å². The van der Waals surface area contributed by atoms with Crippen molar-refractivity contribution < 1.29 is 14.3 Å². The molecular formula is C15H16N2O3. The highest BCUT2D eigenvalue weighted by atomic mass is 16.5. The van der Waals surface area contributed by atoms with Crippen molar-refractivity contribution in [1.82, 2.24) is 9.78 Å². The van der Waals surface area contributed by atoms with Crippen LogP contribution in [-0.2, 0) is 7.05 Å². The van der Waals surface area contributed by atoms with E-state index in [1.165, 1.54) is 6.08 Å². The van der Waals surface area contributed by atoms with Gasteiger partial charge >= 0.3 is 0 Å². The van der Waals surface area contributed by atoms with Gasteiger partial charge in [0.2, 0.25) is 5.78 Å². The van der Waals surface area contributed by atoms with E-state index in [2.05, 4.69) is 5.10 Å². The van der Waals surface area contributed by atoms with E-state index in [4.69, 9.17) is 9.47 Å². The molecule has 1 aromatic heterocycles. The van der Waals surface area contributed by atoms with Crippen molar-refractivity contribution in [3.63, 3.8) is 0 Å². The minimum absolute atomic E-state index is 0.150. The summed E-state index contributed by atoms with van der Waals surface area (Å²) in [5.74, 6) is 1.20. The monoisotopic (exact) mass is 272 g/mol. The first-order valence-corrected chi connectivity index (χ1v) is 6.08. The molecule has 0 unspecified atom stereocenters. The highest BCUT2D eigenvalue weighted by Gasteiger charge is 2.06. The molecule has 1 heterocycles. The van der Waals surface area contributed by atoms with Gasteiger partial charge in [-0.25, -0.2) is 0 Å². The quantitative estimate of drug-likeness (QED) is 0.619. The van der Waals surface area contributed by atoms with E-state index in [-0.39, 0.29) is 5.78 Å². The van der Waals surface area contributed by atoms with Crippen LogP contribution in [-0.4, -0.2) is 29.8 Å². The van der Waals surface area contributed by atoms with Gasteiger partial charge in [0.15, 0.2) is 0 Å². The Kier molecular flexibility index (Phi) is 4.20. The van der Waals surface area contributed by atoms with Gasteiger partial charge in [-0.15, -0.1) is 0 Å². The predicted octanol–water partition coefficient (Wildman–Crippen LogP) is 2.33. The Morgan fingerprint density at radius 3 is 2.65 bits per heavy atom. The third-order valence-corrected chi connectivity index (χ3v) is 2.82. The van der Waals surface area contributed by atoms with E-state index >= 15 is 0 Å². The molecule has 0 spiro atoms. The molecule has 0 radical (unpaired) electrons. The fourth-order valence-electron chi connectivity index (χ4n) is 1.75. The topological polar surface area (TPSA) is 53.4 Å². The van der Waals surface area contributed by atoms with Gasteiger partial charge in [-0.2, -0.15) is 5.10 Å². The zero-order valence-electron chi connectivity index (χ0n) is 11.7. The molecule has 0 atom stereocenters. The fraction of sp³-hybridized carbons (Fsp3) is 0.200. The van der Waals surface area contributed by atoms with Crippen LogP contribution in [0.25, 0.3) is 6.08 Å². The van der Waals surface area contributed by atoms with E-state index < -0.39 is 0 Å². The van der Waals surface area contributed by atoms with Crippen molar-refractivity contribution in [1.29, 1.82) is 0 Å². The van der Waals surface area contributed by atoms with E-state index in [1.807, 2.05) is 12.1 Å². The van der Waals surface area contributed by atoms with Crippen molar-refractivity contribution in [3.05, 3.63) is 47.8 Å². The molecule has 0 N–H and O–H groups in total. The van der Waals surface area contributed by atoms with Crippen LogP contribution in [0, 0.1) is 0 Å². The van der Waals surface area contributed by atoms with E-state index in [0.717, 1.165) is 5.56 Å². The molecule has 0 aliphatic carbocycles. The number of rotatable bonds is 5. The largest absolute Gasteiger partial charge is 0.497 e. The fourth-order valence-corrected chi connectivity index (χ4v) is 1.75. The number of carbonyl (C=O) groups is 1. The molecule has 0 bridgehead atoms. The second-order valence-electron chi connectivity index (χ2n) is 4.18. The maximum Gasteiger partial charge on any atom is 0.206 e. The lowest BCUT2D eigenvalue weighted by Crippen LogP contribution is -1.97. The SMILES string of the molecule is COc1ccc(/C=C/C(=O)c2ccn(C)n2)c(OC)c1. The summed E-state index contributed by atoms with van der Waals surface area (Å²) in [6, 6.07) is 7.09. The number of aryl methyl sites for hydroxylation is 1.